The largest absolute Gasteiger partial charge is 0.462 e. The zero-order valence-corrected chi connectivity index (χ0v) is 11.1. The van der Waals surface area contributed by atoms with E-state index in [0.717, 1.165) is 32.1 Å². The van der Waals surface area contributed by atoms with Crippen molar-refractivity contribution in [2.75, 3.05) is 13.2 Å². The molecule has 102 valence electrons. The number of hydrogen-bond donors (Lipinski definition) is 0. The summed E-state index contributed by atoms with van der Waals surface area (Å²) in [6.07, 6.45) is 4.51. The third kappa shape index (κ3) is 2.98. The molecule has 1 saturated heterocycles. The smallest absolute Gasteiger partial charge is 0.309 e. The second-order valence-electron chi connectivity index (χ2n) is 5.46. The van der Waals surface area contributed by atoms with Gasteiger partial charge in [0.1, 0.15) is 6.10 Å². The van der Waals surface area contributed by atoms with E-state index in [1.165, 1.54) is 11.1 Å². The van der Waals surface area contributed by atoms with Gasteiger partial charge in [-0.25, -0.2) is 0 Å². The molecule has 0 amide bonds. The Labute approximate surface area is 113 Å². The average molecular weight is 260 g/mol. The Bertz CT molecular complexity index is 449. The van der Waals surface area contributed by atoms with Crippen LogP contribution in [0, 0.1) is 5.92 Å². The van der Waals surface area contributed by atoms with Crippen molar-refractivity contribution in [3.8, 4) is 0 Å². The van der Waals surface area contributed by atoms with Crippen LogP contribution in [-0.4, -0.2) is 25.3 Å². The lowest BCUT2D eigenvalue weighted by atomic mass is 9.89. The minimum absolute atomic E-state index is 0.0207. The van der Waals surface area contributed by atoms with E-state index in [1.54, 1.807) is 0 Å². The van der Waals surface area contributed by atoms with E-state index in [2.05, 4.69) is 24.3 Å². The summed E-state index contributed by atoms with van der Waals surface area (Å²) in [5.74, 6) is 0.0265. The Kier molecular flexibility index (Phi) is 3.83. The summed E-state index contributed by atoms with van der Waals surface area (Å²) in [4.78, 5) is 12.1. The van der Waals surface area contributed by atoms with Crippen LogP contribution in [0.2, 0.25) is 0 Å². The second kappa shape index (κ2) is 5.74. The quantitative estimate of drug-likeness (QED) is 0.766. The van der Waals surface area contributed by atoms with Crippen LogP contribution < -0.4 is 0 Å². The number of benzene rings is 1. The van der Waals surface area contributed by atoms with Gasteiger partial charge in [-0.15, -0.1) is 0 Å². The van der Waals surface area contributed by atoms with E-state index < -0.39 is 0 Å². The van der Waals surface area contributed by atoms with Gasteiger partial charge in [0.2, 0.25) is 0 Å². The predicted molar refractivity (Wildman–Crippen MR) is 71.9 cm³/mol. The van der Waals surface area contributed by atoms with Crippen molar-refractivity contribution in [1.29, 1.82) is 0 Å². The number of rotatable bonds is 2. The monoisotopic (exact) mass is 260 g/mol. The Hall–Kier alpha value is -1.35. The fraction of sp³-hybridized carbons (Fsp3) is 0.562. The molecular formula is C16H20O3. The fourth-order valence-electron chi connectivity index (χ4n) is 2.96. The van der Waals surface area contributed by atoms with Crippen LogP contribution in [0.15, 0.2) is 24.3 Å². The molecule has 1 aliphatic carbocycles. The summed E-state index contributed by atoms with van der Waals surface area (Å²) in [5, 5.41) is 0. The molecule has 3 nitrogen and oxygen atoms in total. The molecular weight excluding hydrogens is 240 g/mol. The Morgan fingerprint density at radius 3 is 2.63 bits per heavy atom. The topological polar surface area (TPSA) is 35.5 Å². The highest BCUT2D eigenvalue weighted by atomic mass is 16.5. The lowest BCUT2D eigenvalue weighted by molar-refractivity contribution is -0.157. The van der Waals surface area contributed by atoms with Crippen molar-refractivity contribution < 1.29 is 14.3 Å². The van der Waals surface area contributed by atoms with E-state index in [4.69, 9.17) is 9.47 Å². The highest BCUT2D eigenvalue weighted by Gasteiger charge is 2.27. The van der Waals surface area contributed by atoms with Gasteiger partial charge < -0.3 is 9.47 Å². The number of aryl methyl sites for hydroxylation is 1. The van der Waals surface area contributed by atoms with Crippen LogP contribution in [0.5, 0.6) is 0 Å². The number of carbonyl (C=O) groups excluding carboxylic acids is 1. The zero-order chi connectivity index (χ0) is 13.1. The number of carbonyl (C=O) groups is 1. The van der Waals surface area contributed by atoms with E-state index in [-0.39, 0.29) is 18.0 Å². The first kappa shape index (κ1) is 12.7. The van der Waals surface area contributed by atoms with E-state index in [0.29, 0.717) is 13.2 Å². The molecule has 3 heteroatoms. The molecule has 1 heterocycles. The molecule has 0 N–H and O–H groups in total. The van der Waals surface area contributed by atoms with E-state index in [1.807, 2.05) is 0 Å². The summed E-state index contributed by atoms with van der Waals surface area (Å²) in [6.45, 7) is 1.38. The molecule has 19 heavy (non-hydrogen) atoms. The van der Waals surface area contributed by atoms with E-state index in [9.17, 15) is 4.79 Å². The van der Waals surface area contributed by atoms with Gasteiger partial charge in [-0.2, -0.15) is 0 Å². The summed E-state index contributed by atoms with van der Waals surface area (Å²) in [7, 11) is 0. The summed E-state index contributed by atoms with van der Waals surface area (Å²) in [5.41, 5.74) is 2.74. The molecule has 0 radical (unpaired) electrons. The molecule has 1 aliphatic heterocycles. The van der Waals surface area contributed by atoms with Gasteiger partial charge in [-0.1, -0.05) is 24.3 Å². The maximum Gasteiger partial charge on any atom is 0.309 e. The van der Waals surface area contributed by atoms with Crippen molar-refractivity contribution >= 4 is 5.97 Å². The number of ether oxygens (including phenoxy) is 2. The van der Waals surface area contributed by atoms with Crippen molar-refractivity contribution in [3.05, 3.63) is 35.4 Å². The Morgan fingerprint density at radius 1 is 1.11 bits per heavy atom. The number of hydrogen-bond acceptors (Lipinski definition) is 3. The van der Waals surface area contributed by atoms with Crippen molar-refractivity contribution in [2.24, 2.45) is 5.92 Å². The third-order valence-electron chi connectivity index (χ3n) is 4.14. The SMILES string of the molecule is O=C(OC1CCc2ccccc2C1)C1CCOCC1. The molecule has 0 saturated carbocycles. The van der Waals surface area contributed by atoms with E-state index >= 15 is 0 Å². The van der Waals surface area contributed by atoms with Crippen molar-refractivity contribution in [3.63, 3.8) is 0 Å². The summed E-state index contributed by atoms with van der Waals surface area (Å²) < 4.78 is 11.0. The summed E-state index contributed by atoms with van der Waals surface area (Å²) in [6, 6.07) is 8.45. The molecule has 1 atom stereocenters. The minimum Gasteiger partial charge on any atom is -0.462 e. The van der Waals surface area contributed by atoms with Crippen LogP contribution in [0.1, 0.15) is 30.4 Å². The van der Waals surface area contributed by atoms with Gasteiger partial charge in [0.05, 0.1) is 5.92 Å². The molecule has 3 rings (SSSR count). The van der Waals surface area contributed by atoms with Crippen molar-refractivity contribution in [2.45, 2.75) is 38.2 Å². The normalized spacial score (nSPS) is 23.7. The maximum atomic E-state index is 12.1. The molecule has 0 bridgehead atoms. The number of esters is 1. The van der Waals surface area contributed by atoms with Crippen LogP contribution in [0.4, 0.5) is 0 Å². The highest BCUT2D eigenvalue weighted by Crippen LogP contribution is 2.25. The van der Waals surface area contributed by atoms with Crippen LogP contribution in [0.3, 0.4) is 0 Å². The van der Waals surface area contributed by atoms with Gasteiger partial charge in [0, 0.05) is 19.6 Å². The summed E-state index contributed by atoms with van der Waals surface area (Å²) >= 11 is 0. The second-order valence-corrected chi connectivity index (χ2v) is 5.46. The van der Waals surface area contributed by atoms with Crippen molar-refractivity contribution in [1.82, 2.24) is 0 Å². The lowest BCUT2D eigenvalue weighted by Crippen LogP contribution is -2.31. The molecule has 1 aromatic rings. The standard InChI is InChI=1S/C16H20O3/c17-16(13-7-9-18-10-8-13)19-15-6-5-12-3-1-2-4-14(12)11-15/h1-4,13,15H,5-11H2. The van der Waals surface area contributed by atoms with Crippen LogP contribution >= 0.6 is 0 Å². The maximum absolute atomic E-state index is 12.1. The molecule has 2 aliphatic rings. The predicted octanol–water partition coefficient (Wildman–Crippen LogP) is 2.51. The first-order valence-electron chi connectivity index (χ1n) is 7.18. The molecule has 0 aromatic heterocycles. The first-order chi connectivity index (χ1) is 9.33. The Balaban J connectivity index is 1.58. The third-order valence-corrected chi connectivity index (χ3v) is 4.14. The Morgan fingerprint density at radius 2 is 1.84 bits per heavy atom. The number of fused-ring (bicyclic) bond motifs is 1. The lowest BCUT2D eigenvalue weighted by Gasteiger charge is -2.27. The van der Waals surface area contributed by atoms with Gasteiger partial charge >= 0.3 is 5.97 Å². The molecule has 0 spiro atoms. The fourth-order valence-corrected chi connectivity index (χ4v) is 2.96. The van der Waals surface area contributed by atoms with Gasteiger partial charge in [-0.3, -0.25) is 4.79 Å². The highest BCUT2D eigenvalue weighted by molar-refractivity contribution is 5.72. The van der Waals surface area contributed by atoms with Gasteiger partial charge in [0.15, 0.2) is 0 Å². The zero-order valence-electron chi connectivity index (χ0n) is 11.1. The molecule has 1 aromatic carbocycles. The van der Waals surface area contributed by atoms with Crippen LogP contribution in [0.25, 0.3) is 0 Å². The minimum atomic E-state index is -0.0207. The average Bonchev–Trinajstić information content (AvgIpc) is 2.48. The van der Waals surface area contributed by atoms with Gasteiger partial charge in [-0.05, 0) is 36.8 Å². The van der Waals surface area contributed by atoms with Gasteiger partial charge in [0.25, 0.3) is 0 Å². The molecule has 1 fully saturated rings. The van der Waals surface area contributed by atoms with Crippen LogP contribution in [-0.2, 0) is 27.1 Å². The molecule has 1 unspecified atom stereocenters. The first-order valence-corrected chi connectivity index (χ1v) is 7.18.